The quantitative estimate of drug-likeness (QED) is 0.274. The summed E-state index contributed by atoms with van der Waals surface area (Å²) in [5.74, 6) is 0.653. The van der Waals surface area contributed by atoms with E-state index in [4.69, 9.17) is 0 Å². The molecule has 2 atom stereocenters. The first-order chi connectivity index (χ1) is 21.3. The molecule has 0 aliphatic heterocycles. The number of hydrogen-bond donors (Lipinski definition) is 0. The van der Waals surface area contributed by atoms with Gasteiger partial charge < -0.3 is 0 Å². The van der Waals surface area contributed by atoms with Crippen molar-refractivity contribution in [3.8, 4) is 0 Å². The molecular formula is C42H35N. The number of aromatic nitrogens is 1. The van der Waals surface area contributed by atoms with Gasteiger partial charge in [-0.05, 0) is 104 Å². The van der Waals surface area contributed by atoms with Crippen LogP contribution < -0.4 is 20.9 Å². The summed E-state index contributed by atoms with van der Waals surface area (Å²) in [7, 11) is 0. The summed E-state index contributed by atoms with van der Waals surface area (Å²) in [6, 6.07) is 33.6. The molecule has 0 amide bonds. The number of pyridine rings is 1. The Balaban J connectivity index is 1.38. The van der Waals surface area contributed by atoms with Crippen LogP contribution in [0, 0.1) is 18.8 Å². The third-order valence-electron chi connectivity index (χ3n) is 9.74. The van der Waals surface area contributed by atoms with E-state index in [0.29, 0.717) is 11.8 Å². The van der Waals surface area contributed by atoms with Gasteiger partial charge in [-0.3, -0.25) is 4.98 Å². The first kappa shape index (κ1) is 25.9. The Morgan fingerprint density at radius 3 is 1.77 bits per heavy atom. The molecule has 4 aliphatic carbocycles. The Morgan fingerprint density at radius 2 is 1.09 bits per heavy atom. The van der Waals surface area contributed by atoms with Crippen molar-refractivity contribution in [2.24, 2.45) is 11.8 Å². The highest BCUT2D eigenvalue weighted by atomic mass is 14.7. The SMILES string of the molecule is Cc1ccc(C2=CC=C(C3=c4ccccc4=C(C4=c5ccccc5=C(c5ccccc5)CC4)C4C=CC=CC34)CC2)cn1. The maximum Gasteiger partial charge on any atom is 0.0373 e. The normalized spacial score (nSPS) is 20.7. The highest BCUT2D eigenvalue weighted by molar-refractivity contribution is 5.95. The minimum Gasteiger partial charge on any atom is -0.261 e. The van der Waals surface area contributed by atoms with E-state index < -0.39 is 0 Å². The lowest BCUT2D eigenvalue weighted by Gasteiger charge is -2.36. The lowest BCUT2D eigenvalue weighted by Crippen LogP contribution is -2.43. The number of hydrogen-bond acceptors (Lipinski definition) is 1. The molecule has 2 unspecified atom stereocenters. The van der Waals surface area contributed by atoms with E-state index in [1.54, 1.807) is 0 Å². The zero-order chi connectivity index (χ0) is 28.8. The van der Waals surface area contributed by atoms with E-state index in [2.05, 4.69) is 132 Å². The third-order valence-corrected chi connectivity index (χ3v) is 9.74. The van der Waals surface area contributed by atoms with Crippen molar-refractivity contribution in [3.63, 3.8) is 0 Å². The second-order valence-electron chi connectivity index (χ2n) is 12.1. The molecule has 0 N–H and O–H groups in total. The van der Waals surface area contributed by atoms with Crippen LogP contribution in [-0.4, -0.2) is 4.98 Å². The van der Waals surface area contributed by atoms with Gasteiger partial charge in [0.15, 0.2) is 0 Å². The van der Waals surface area contributed by atoms with Crippen LogP contribution in [0.25, 0.3) is 27.9 Å². The maximum absolute atomic E-state index is 4.55. The molecule has 8 rings (SSSR count). The van der Waals surface area contributed by atoms with Crippen molar-refractivity contribution in [2.75, 3.05) is 0 Å². The van der Waals surface area contributed by atoms with Crippen LogP contribution in [0.4, 0.5) is 0 Å². The molecule has 1 heteroatoms. The van der Waals surface area contributed by atoms with Crippen LogP contribution in [-0.2, 0) is 0 Å². The van der Waals surface area contributed by atoms with Crippen molar-refractivity contribution in [1.82, 2.24) is 4.98 Å². The second-order valence-corrected chi connectivity index (χ2v) is 12.1. The van der Waals surface area contributed by atoms with E-state index in [-0.39, 0.29) is 0 Å². The summed E-state index contributed by atoms with van der Waals surface area (Å²) in [6.07, 6.45) is 20.4. The molecule has 1 nitrogen and oxygen atoms in total. The zero-order valence-electron chi connectivity index (χ0n) is 24.6. The summed E-state index contributed by atoms with van der Waals surface area (Å²) >= 11 is 0. The van der Waals surface area contributed by atoms with E-state index >= 15 is 0 Å². The monoisotopic (exact) mass is 553 g/mol. The van der Waals surface area contributed by atoms with Crippen molar-refractivity contribution >= 4 is 27.9 Å². The van der Waals surface area contributed by atoms with Gasteiger partial charge in [0.2, 0.25) is 0 Å². The molecule has 0 fully saturated rings. The fourth-order valence-corrected chi connectivity index (χ4v) is 7.73. The fourth-order valence-electron chi connectivity index (χ4n) is 7.73. The molecule has 0 saturated heterocycles. The van der Waals surface area contributed by atoms with Gasteiger partial charge >= 0.3 is 0 Å². The van der Waals surface area contributed by atoms with Crippen molar-refractivity contribution < 1.29 is 0 Å². The number of rotatable bonds is 4. The van der Waals surface area contributed by atoms with Crippen molar-refractivity contribution in [1.29, 1.82) is 0 Å². The Bertz CT molecular complexity index is 2120. The lowest BCUT2D eigenvalue weighted by molar-refractivity contribution is 0.681. The van der Waals surface area contributed by atoms with Gasteiger partial charge in [0.05, 0.1) is 0 Å². The summed E-state index contributed by atoms with van der Waals surface area (Å²) < 4.78 is 0. The van der Waals surface area contributed by atoms with Crippen LogP contribution in [0.1, 0.15) is 42.5 Å². The highest BCUT2D eigenvalue weighted by Gasteiger charge is 2.34. The van der Waals surface area contributed by atoms with Crippen LogP contribution in [0.15, 0.2) is 139 Å². The molecule has 0 radical (unpaired) electrons. The van der Waals surface area contributed by atoms with Gasteiger partial charge in [-0.1, -0.05) is 121 Å². The van der Waals surface area contributed by atoms with Gasteiger partial charge in [0.25, 0.3) is 0 Å². The predicted molar refractivity (Wildman–Crippen MR) is 179 cm³/mol. The minimum absolute atomic E-state index is 0.323. The number of allylic oxidation sites excluding steroid dienone is 8. The zero-order valence-corrected chi connectivity index (χ0v) is 24.6. The topological polar surface area (TPSA) is 12.9 Å². The molecule has 1 heterocycles. The number of aryl methyl sites for hydroxylation is 1. The molecule has 3 aromatic carbocycles. The Kier molecular flexibility index (Phi) is 6.52. The molecule has 0 bridgehead atoms. The average molecular weight is 554 g/mol. The van der Waals surface area contributed by atoms with Crippen molar-refractivity contribution in [2.45, 2.75) is 32.6 Å². The largest absolute Gasteiger partial charge is 0.261 e. The third kappa shape index (κ3) is 4.51. The number of nitrogens with zero attached hydrogens (tertiary/aromatic N) is 1. The van der Waals surface area contributed by atoms with Gasteiger partial charge in [0.1, 0.15) is 0 Å². The predicted octanol–water partition coefficient (Wildman–Crippen LogP) is 6.71. The number of fused-ring (bicyclic) bond motifs is 3. The molecule has 1 aromatic heterocycles. The fraction of sp³-hybridized carbons (Fsp3) is 0.167. The summed E-state index contributed by atoms with van der Waals surface area (Å²) in [5.41, 5.74) is 12.5. The van der Waals surface area contributed by atoms with Crippen LogP contribution in [0.2, 0.25) is 0 Å². The van der Waals surface area contributed by atoms with Crippen molar-refractivity contribution in [3.05, 3.63) is 177 Å². The molecule has 4 aromatic rings. The highest BCUT2D eigenvalue weighted by Crippen LogP contribution is 2.44. The number of benzene rings is 3. The van der Waals surface area contributed by atoms with Gasteiger partial charge in [-0.2, -0.15) is 0 Å². The van der Waals surface area contributed by atoms with E-state index in [9.17, 15) is 0 Å². The molecular weight excluding hydrogens is 518 g/mol. The summed E-state index contributed by atoms with van der Waals surface area (Å²) in [6.45, 7) is 2.05. The van der Waals surface area contributed by atoms with E-state index in [1.807, 2.05) is 13.1 Å². The van der Waals surface area contributed by atoms with E-state index in [1.165, 1.54) is 65.4 Å². The molecule has 4 aliphatic rings. The molecule has 0 saturated carbocycles. The van der Waals surface area contributed by atoms with E-state index in [0.717, 1.165) is 31.4 Å². The first-order valence-corrected chi connectivity index (χ1v) is 15.6. The second kappa shape index (κ2) is 10.8. The molecule has 43 heavy (non-hydrogen) atoms. The first-order valence-electron chi connectivity index (χ1n) is 15.6. The average Bonchev–Trinajstić information content (AvgIpc) is 3.08. The Labute approximate surface area is 253 Å². The Morgan fingerprint density at radius 1 is 0.512 bits per heavy atom. The summed E-state index contributed by atoms with van der Waals surface area (Å²) in [5, 5.41) is 5.60. The van der Waals surface area contributed by atoms with Gasteiger partial charge in [0, 0.05) is 23.7 Å². The molecule has 0 spiro atoms. The smallest absolute Gasteiger partial charge is 0.0373 e. The summed E-state index contributed by atoms with van der Waals surface area (Å²) in [4.78, 5) is 4.55. The van der Waals surface area contributed by atoms with Crippen LogP contribution in [0.5, 0.6) is 0 Å². The Hall–Kier alpha value is -4.75. The van der Waals surface area contributed by atoms with Crippen LogP contribution in [0.3, 0.4) is 0 Å². The lowest BCUT2D eigenvalue weighted by atomic mass is 9.67. The molecule has 208 valence electrons. The van der Waals surface area contributed by atoms with Gasteiger partial charge in [-0.15, -0.1) is 0 Å². The van der Waals surface area contributed by atoms with Crippen LogP contribution >= 0.6 is 0 Å². The standard InChI is InChI=1S/C42H35N/c1-28-19-20-32(27-43-28)29-21-23-31(24-22-29)41-36-15-7-9-17-38(36)42(39-18-10-8-16-37(39)41)40-26-25-33(30-11-3-2-4-12-30)34-13-5-6-14-35(34)40/h2-21,23,27,36,38H,22,24-26H2,1H3. The van der Waals surface area contributed by atoms with Gasteiger partial charge in [-0.25, -0.2) is 0 Å². The maximum atomic E-state index is 4.55. The minimum atomic E-state index is 0.323.